The third-order valence-electron chi connectivity index (χ3n) is 3.97. The van der Waals surface area contributed by atoms with E-state index in [2.05, 4.69) is 17.6 Å². The lowest BCUT2D eigenvalue weighted by Crippen LogP contribution is -2.51. The van der Waals surface area contributed by atoms with Gasteiger partial charge in [-0.3, -0.25) is 4.79 Å². The Hall–Kier alpha value is -0.220. The van der Waals surface area contributed by atoms with Gasteiger partial charge in [0.2, 0.25) is 5.91 Å². The highest BCUT2D eigenvalue weighted by Gasteiger charge is 2.27. The molecule has 2 heterocycles. The number of hydrogen-bond donors (Lipinski definition) is 2. The lowest BCUT2D eigenvalue weighted by Gasteiger charge is -2.31. The van der Waals surface area contributed by atoms with Crippen molar-refractivity contribution in [2.75, 3.05) is 18.1 Å². The van der Waals surface area contributed by atoms with Crippen molar-refractivity contribution in [1.82, 2.24) is 10.6 Å². The van der Waals surface area contributed by atoms with E-state index in [1.165, 1.54) is 24.3 Å². The molecule has 0 radical (unpaired) electrons. The minimum atomic E-state index is 0.0586. The molecule has 2 fully saturated rings. The summed E-state index contributed by atoms with van der Waals surface area (Å²) >= 11 is 2.00. The molecule has 4 heteroatoms. The summed E-state index contributed by atoms with van der Waals surface area (Å²) < 4.78 is 0. The Morgan fingerprint density at radius 1 is 1.35 bits per heavy atom. The lowest BCUT2D eigenvalue weighted by molar-refractivity contribution is -0.124. The average Bonchev–Trinajstić information content (AvgIpc) is 2.40. The average molecular weight is 256 g/mol. The highest BCUT2D eigenvalue weighted by molar-refractivity contribution is 7.99. The molecule has 0 aromatic rings. The van der Waals surface area contributed by atoms with Gasteiger partial charge in [-0.1, -0.05) is 13.3 Å². The van der Waals surface area contributed by atoms with E-state index in [4.69, 9.17) is 0 Å². The molecular formula is C13H24N2OS. The van der Waals surface area contributed by atoms with Gasteiger partial charge < -0.3 is 10.6 Å². The normalized spacial score (nSPS) is 31.1. The van der Waals surface area contributed by atoms with E-state index in [1.807, 2.05) is 11.8 Å². The number of hydrogen-bond acceptors (Lipinski definition) is 3. The van der Waals surface area contributed by atoms with Crippen molar-refractivity contribution in [2.24, 2.45) is 5.92 Å². The zero-order chi connectivity index (χ0) is 12.1. The van der Waals surface area contributed by atoms with Crippen LogP contribution in [-0.2, 0) is 4.79 Å². The van der Waals surface area contributed by atoms with Gasteiger partial charge in [0.15, 0.2) is 0 Å². The summed E-state index contributed by atoms with van der Waals surface area (Å²) in [6.07, 6.45) is 5.72. The van der Waals surface area contributed by atoms with Crippen molar-refractivity contribution in [2.45, 2.75) is 51.1 Å². The topological polar surface area (TPSA) is 41.1 Å². The second-order valence-electron chi connectivity index (χ2n) is 5.20. The SMILES string of the molecule is CCC1CCNC(C(=O)NC2CCSCC2)C1. The first-order valence-corrected chi connectivity index (χ1v) is 8.06. The van der Waals surface area contributed by atoms with Crippen LogP contribution >= 0.6 is 11.8 Å². The largest absolute Gasteiger partial charge is 0.352 e. The summed E-state index contributed by atoms with van der Waals surface area (Å²) in [7, 11) is 0. The van der Waals surface area contributed by atoms with Crippen LogP contribution < -0.4 is 10.6 Å². The highest BCUT2D eigenvalue weighted by Crippen LogP contribution is 2.21. The van der Waals surface area contributed by atoms with Gasteiger partial charge in [-0.05, 0) is 49.7 Å². The number of thioether (sulfide) groups is 1. The van der Waals surface area contributed by atoms with Gasteiger partial charge in [0, 0.05) is 6.04 Å². The minimum absolute atomic E-state index is 0.0586. The number of carbonyl (C=O) groups excluding carboxylic acids is 1. The smallest absolute Gasteiger partial charge is 0.237 e. The maximum Gasteiger partial charge on any atom is 0.237 e. The zero-order valence-corrected chi connectivity index (χ0v) is 11.5. The van der Waals surface area contributed by atoms with Gasteiger partial charge in [0.25, 0.3) is 0 Å². The van der Waals surface area contributed by atoms with Gasteiger partial charge in [0.05, 0.1) is 6.04 Å². The third-order valence-corrected chi connectivity index (χ3v) is 5.02. The van der Waals surface area contributed by atoms with Crippen LogP contribution in [0.25, 0.3) is 0 Å². The molecule has 2 N–H and O–H groups in total. The van der Waals surface area contributed by atoms with Crippen molar-refractivity contribution in [3.63, 3.8) is 0 Å². The zero-order valence-electron chi connectivity index (χ0n) is 10.7. The predicted molar refractivity (Wildman–Crippen MR) is 73.3 cm³/mol. The molecule has 1 amide bonds. The van der Waals surface area contributed by atoms with Gasteiger partial charge >= 0.3 is 0 Å². The predicted octanol–water partition coefficient (Wildman–Crippen LogP) is 1.78. The van der Waals surface area contributed by atoms with Crippen LogP contribution in [0.4, 0.5) is 0 Å². The van der Waals surface area contributed by atoms with E-state index in [-0.39, 0.29) is 11.9 Å². The molecule has 2 atom stereocenters. The minimum Gasteiger partial charge on any atom is -0.352 e. The van der Waals surface area contributed by atoms with E-state index in [1.54, 1.807) is 0 Å². The molecule has 0 saturated carbocycles. The molecule has 2 saturated heterocycles. The third kappa shape index (κ3) is 3.88. The van der Waals surface area contributed by atoms with Crippen LogP contribution in [0.15, 0.2) is 0 Å². The lowest BCUT2D eigenvalue weighted by atomic mass is 9.90. The van der Waals surface area contributed by atoms with E-state index in [9.17, 15) is 4.79 Å². The number of rotatable bonds is 3. The number of piperidine rings is 1. The second-order valence-corrected chi connectivity index (χ2v) is 6.43. The Bertz CT molecular complexity index is 254. The van der Waals surface area contributed by atoms with E-state index in [0.717, 1.165) is 31.7 Å². The van der Waals surface area contributed by atoms with Crippen molar-refractivity contribution in [3.8, 4) is 0 Å². The second kappa shape index (κ2) is 6.64. The van der Waals surface area contributed by atoms with Crippen LogP contribution in [0, 0.1) is 5.92 Å². The monoisotopic (exact) mass is 256 g/mol. The Morgan fingerprint density at radius 2 is 2.12 bits per heavy atom. The quantitative estimate of drug-likeness (QED) is 0.809. The molecule has 98 valence electrons. The van der Waals surface area contributed by atoms with Crippen LogP contribution in [0.2, 0.25) is 0 Å². The molecule has 0 spiro atoms. The summed E-state index contributed by atoms with van der Waals surface area (Å²) in [6.45, 7) is 3.22. The Labute approximate surface area is 108 Å². The summed E-state index contributed by atoms with van der Waals surface area (Å²) in [4.78, 5) is 12.1. The summed E-state index contributed by atoms with van der Waals surface area (Å²) in [5, 5.41) is 6.57. The maximum atomic E-state index is 12.1. The Kier molecular flexibility index (Phi) is 5.16. The Morgan fingerprint density at radius 3 is 2.82 bits per heavy atom. The van der Waals surface area contributed by atoms with Gasteiger partial charge in [0.1, 0.15) is 0 Å². The van der Waals surface area contributed by atoms with E-state index >= 15 is 0 Å². The van der Waals surface area contributed by atoms with Gasteiger partial charge in [-0.15, -0.1) is 0 Å². The van der Waals surface area contributed by atoms with Crippen LogP contribution in [0.3, 0.4) is 0 Å². The number of carbonyl (C=O) groups is 1. The molecule has 0 aromatic carbocycles. The van der Waals surface area contributed by atoms with Crippen molar-refractivity contribution in [1.29, 1.82) is 0 Å². The molecule has 3 nitrogen and oxygen atoms in total. The molecule has 2 unspecified atom stereocenters. The molecule has 0 aromatic heterocycles. The number of nitrogens with one attached hydrogen (secondary N) is 2. The van der Waals surface area contributed by atoms with E-state index in [0.29, 0.717) is 6.04 Å². The summed E-state index contributed by atoms with van der Waals surface area (Å²) in [5.74, 6) is 3.36. The summed E-state index contributed by atoms with van der Waals surface area (Å²) in [5.41, 5.74) is 0. The van der Waals surface area contributed by atoms with E-state index < -0.39 is 0 Å². The van der Waals surface area contributed by atoms with Gasteiger partial charge in [-0.25, -0.2) is 0 Å². The first kappa shape index (κ1) is 13.2. The van der Waals surface area contributed by atoms with Crippen molar-refractivity contribution in [3.05, 3.63) is 0 Å². The molecule has 2 aliphatic rings. The molecule has 2 aliphatic heterocycles. The Balaban J connectivity index is 1.78. The van der Waals surface area contributed by atoms with Crippen molar-refractivity contribution >= 4 is 17.7 Å². The van der Waals surface area contributed by atoms with Crippen molar-refractivity contribution < 1.29 is 4.79 Å². The fourth-order valence-electron chi connectivity index (χ4n) is 2.71. The standard InChI is InChI=1S/C13H24N2OS/c1-2-10-3-6-14-12(9-10)13(16)15-11-4-7-17-8-5-11/h10-12,14H,2-9H2,1H3,(H,15,16). The molecule has 2 rings (SSSR count). The molecule has 0 aliphatic carbocycles. The summed E-state index contributed by atoms with van der Waals surface area (Å²) in [6, 6.07) is 0.482. The molecule has 17 heavy (non-hydrogen) atoms. The number of amides is 1. The molecular weight excluding hydrogens is 232 g/mol. The van der Waals surface area contributed by atoms with Crippen LogP contribution in [0.1, 0.15) is 39.0 Å². The maximum absolute atomic E-state index is 12.1. The van der Waals surface area contributed by atoms with Crippen LogP contribution in [0.5, 0.6) is 0 Å². The highest BCUT2D eigenvalue weighted by atomic mass is 32.2. The van der Waals surface area contributed by atoms with Crippen LogP contribution in [-0.4, -0.2) is 36.0 Å². The first-order valence-electron chi connectivity index (χ1n) is 6.91. The molecule has 0 bridgehead atoms. The van der Waals surface area contributed by atoms with Gasteiger partial charge in [-0.2, -0.15) is 11.8 Å². The fourth-order valence-corrected chi connectivity index (χ4v) is 3.82. The first-order chi connectivity index (χ1) is 8.29. The fraction of sp³-hybridized carbons (Fsp3) is 0.923.